The number of carbonyl (C=O) groups is 1. The van der Waals surface area contributed by atoms with Gasteiger partial charge in [-0.3, -0.25) is 4.79 Å². The molecule has 0 spiro atoms. The maximum atomic E-state index is 11.9. The van der Waals surface area contributed by atoms with Crippen LogP contribution in [0.5, 0.6) is 28.7 Å². The van der Waals surface area contributed by atoms with Crippen molar-refractivity contribution in [2.75, 3.05) is 0 Å². The van der Waals surface area contributed by atoms with Crippen molar-refractivity contribution in [3.8, 4) is 28.7 Å². The quantitative estimate of drug-likeness (QED) is 0.255. The molecule has 0 aliphatic carbocycles. The molecule has 0 unspecified atom stereocenters. The normalized spacial score (nSPS) is 10.9. The van der Waals surface area contributed by atoms with Gasteiger partial charge in [0.1, 0.15) is 5.75 Å². The number of benzene rings is 2. The van der Waals surface area contributed by atoms with Gasteiger partial charge in [0.25, 0.3) is 0 Å². The van der Waals surface area contributed by atoms with Crippen molar-refractivity contribution in [1.29, 1.82) is 0 Å². The third kappa shape index (κ3) is 3.06. The van der Waals surface area contributed by atoms with Gasteiger partial charge in [-0.25, -0.2) is 0 Å². The first-order valence-electron chi connectivity index (χ1n) is 5.88. The second-order valence-corrected chi connectivity index (χ2v) is 4.30. The Morgan fingerprint density at radius 3 is 2.05 bits per heavy atom. The molecule has 21 heavy (non-hydrogen) atoms. The van der Waals surface area contributed by atoms with Crippen LogP contribution in [0.2, 0.25) is 0 Å². The summed E-state index contributed by atoms with van der Waals surface area (Å²) in [6.07, 6.45) is 2.49. The van der Waals surface area contributed by atoms with Crippen LogP contribution in [0.25, 0.3) is 6.08 Å². The molecule has 0 saturated heterocycles. The van der Waals surface area contributed by atoms with Gasteiger partial charge in [0, 0.05) is 6.07 Å². The Hall–Kier alpha value is -3.15. The molecule has 0 aromatic heterocycles. The average Bonchev–Trinajstić information content (AvgIpc) is 2.44. The highest BCUT2D eigenvalue weighted by atomic mass is 16.3. The molecule has 6 nitrogen and oxygen atoms in total. The van der Waals surface area contributed by atoms with Crippen LogP contribution in [0.3, 0.4) is 0 Å². The molecular weight excluding hydrogens is 276 g/mol. The van der Waals surface area contributed by atoms with Gasteiger partial charge in [-0.15, -0.1) is 0 Å². The van der Waals surface area contributed by atoms with E-state index >= 15 is 0 Å². The molecule has 5 N–H and O–H groups in total. The summed E-state index contributed by atoms with van der Waals surface area (Å²) >= 11 is 0. The standard InChI is InChI=1S/C15H12O6/c16-10(9-6-14(20)15(21)7-12(9)18)3-1-8-2-4-11(17)13(19)5-8/h1-7,17-21H. The highest BCUT2D eigenvalue weighted by Gasteiger charge is 2.12. The van der Waals surface area contributed by atoms with E-state index in [1.165, 1.54) is 24.3 Å². The first-order valence-corrected chi connectivity index (χ1v) is 5.88. The van der Waals surface area contributed by atoms with E-state index < -0.39 is 23.0 Å². The number of ketones is 1. The lowest BCUT2D eigenvalue weighted by Gasteiger charge is -2.03. The number of carbonyl (C=O) groups excluding carboxylic acids is 1. The zero-order chi connectivity index (χ0) is 15.6. The van der Waals surface area contributed by atoms with Crippen LogP contribution in [0, 0.1) is 0 Å². The number of hydrogen-bond donors (Lipinski definition) is 5. The fourth-order valence-corrected chi connectivity index (χ4v) is 1.67. The van der Waals surface area contributed by atoms with E-state index in [1.807, 2.05) is 0 Å². The summed E-state index contributed by atoms with van der Waals surface area (Å²) in [4.78, 5) is 11.9. The summed E-state index contributed by atoms with van der Waals surface area (Å²) in [5.41, 5.74) is 0.283. The summed E-state index contributed by atoms with van der Waals surface area (Å²) in [6.45, 7) is 0. The molecular formula is C15H12O6. The fraction of sp³-hybridized carbons (Fsp3) is 0. The minimum absolute atomic E-state index is 0.176. The molecule has 0 bridgehead atoms. The van der Waals surface area contributed by atoms with E-state index in [1.54, 1.807) is 0 Å². The molecule has 2 aromatic rings. The van der Waals surface area contributed by atoms with Gasteiger partial charge in [-0.05, 0) is 29.8 Å². The van der Waals surface area contributed by atoms with Crippen molar-refractivity contribution in [3.05, 3.63) is 47.5 Å². The molecule has 0 heterocycles. The summed E-state index contributed by atoms with van der Waals surface area (Å²) in [7, 11) is 0. The van der Waals surface area contributed by atoms with Crippen molar-refractivity contribution < 1.29 is 30.3 Å². The van der Waals surface area contributed by atoms with Gasteiger partial charge in [-0.2, -0.15) is 0 Å². The number of phenolic OH excluding ortho intramolecular Hbond substituents is 5. The van der Waals surface area contributed by atoms with E-state index in [4.69, 9.17) is 5.11 Å². The Morgan fingerprint density at radius 1 is 0.762 bits per heavy atom. The van der Waals surface area contributed by atoms with Gasteiger partial charge in [0.05, 0.1) is 5.56 Å². The van der Waals surface area contributed by atoms with Crippen LogP contribution < -0.4 is 0 Å². The van der Waals surface area contributed by atoms with Gasteiger partial charge >= 0.3 is 0 Å². The maximum Gasteiger partial charge on any atom is 0.189 e. The van der Waals surface area contributed by atoms with Crippen LogP contribution in [0.15, 0.2) is 36.4 Å². The topological polar surface area (TPSA) is 118 Å². The summed E-state index contributed by atoms with van der Waals surface area (Å²) in [5, 5.41) is 46.6. The van der Waals surface area contributed by atoms with Crippen LogP contribution in [-0.2, 0) is 0 Å². The monoisotopic (exact) mass is 288 g/mol. The number of hydrogen-bond acceptors (Lipinski definition) is 6. The number of allylic oxidation sites excluding steroid dienone is 1. The van der Waals surface area contributed by atoms with Crippen molar-refractivity contribution in [2.24, 2.45) is 0 Å². The van der Waals surface area contributed by atoms with Gasteiger partial charge < -0.3 is 25.5 Å². The Bertz CT molecular complexity index is 733. The lowest BCUT2D eigenvalue weighted by atomic mass is 10.1. The molecule has 0 amide bonds. The second kappa shape index (κ2) is 5.46. The smallest absolute Gasteiger partial charge is 0.189 e. The molecule has 0 fully saturated rings. The highest BCUT2D eigenvalue weighted by molar-refractivity contribution is 6.09. The highest BCUT2D eigenvalue weighted by Crippen LogP contribution is 2.32. The lowest BCUT2D eigenvalue weighted by Crippen LogP contribution is -1.94. The predicted molar refractivity (Wildman–Crippen MR) is 74.6 cm³/mol. The minimum Gasteiger partial charge on any atom is -0.507 e. The Balaban J connectivity index is 2.27. The minimum atomic E-state index is -0.602. The molecule has 0 aliphatic rings. The summed E-state index contributed by atoms with van der Waals surface area (Å²) in [6, 6.07) is 5.82. The molecule has 0 saturated carbocycles. The zero-order valence-corrected chi connectivity index (χ0v) is 10.7. The van der Waals surface area contributed by atoms with E-state index in [-0.39, 0.29) is 17.1 Å². The third-order valence-electron chi connectivity index (χ3n) is 2.78. The second-order valence-electron chi connectivity index (χ2n) is 4.30. The van der Waals surface area contributed by atoms with E-state index in [0.717, 1.165) is 18.2 Å². The van der Waals surface area contributed by atoms with Crippen LogP contribution in [0.4, 0.5) is 0 Å². The van der Waals surface area contributed by atoms with Crippen molar-refractivity contribution in [2.45, 2.75) is 0 Å². The SMILES string of the molecule is O=C(C=Cc1ccc(O)c(O)c1)c1cc(O)c(O)cc1O. The van der Waals surface area contributed by atoms with Crippen LogP contribution in [0.1, 0.15) is 15.9 Å². The number of aromatic hydroxyl groups is 5. The van der Waals surface area contributed by atoms with Crippen molar-refractivity contribution in [3.63, 3.8) is 0 Å². The maximum absolute atomic E-state index is 11.9. The Kier molecular flexibility index (Phi) is 3.71. The summed E-state index contributed by atoms with van der Waals surface area (Å²) in [5.74, 6) is -2.72. The number of phenols is 5. The van der Waals surface area contributed by atoms with Gasteiger partial charge in [0.15, 0.2) is 28.8 Å². The zero-order valence-electron chi connectivity index (χ0n) is 10.7. The van der Waals surface area contributed by atoms with Gasteiger partial charge in [0.2, 0.25) is 0 Å². The molecule has 6 heteroatoms. The first-order chi connectivity index (χ1) is 9.88. The van der Waals surface area contributed by atoms with Crippen LogP contribution >= 0.6 is 0 Å². The van der Waals surface area contributed by atoms with Crippen molar-refractivity contribution >= 4 is 11.9 Å². The van der Waals surface area contributed by atoms with Crippen LogP contribution in [-0.4, -0.2) is 31.3 Å². The molecule has 2 aromatic carbocycles. The third-order valence-corrected chi connectivity index (χ3v) is 2.78. The van der Waals surface area contributed by atoms with E-state index in [2.05, 4.69) is 0 Å². The largest absolute Gasteiger partial charge is 0.507 e. The summed E-state index contributed by atoms with van der Waals surface area (Å²) < 4.78 is 0. The molecule has 2 rings (SSSR count). The molecule has 0 aliphatic heterocycles. The number of rotatable bonds is 3. The Labute approximate surface area is 119 Å². The molecule has 0 radical (unpaired) electrons. The van der Waals surface area contributed by atoms with Crippen molar-refractivity contribution in [1.82, 2.24) is 0 Å². The molecule has 0 atom stereocenters. The van der Waals surface area contributed by atoms with E-state index in [9.17, 15) is 25.2 Å². The average molecular weight is 288 g/mol. The fourth-order valence-electron chi connectivity index (χ4n) is 1.67. The molecule has 108 valence electrons. The predicted octanol–water partition coefficient (Wildman–Crippen LogP) is 2.11. The lowest BCUT2D eigenvalue weighted by molar-refractivity contribution is 0.104. The Morgan fingerprint density at radius 2 is 1.38 bits per heavy atom. The first kappa shape index (κ1) is 14.3. The van der Waals surface area contributed by atoms with E-state index in [0.29, 0.717) is 5.56 Å². The van der Waals surface area contributed by atoms with Gasteiger partial charge in [-0.1, -0.05) is 12.1 Å².